The normalized spacial score (nSPS) is 15.5. The van der Waals surface area contributed by atoms with Crippen molar-refractivity contribution in [3.63, 3.8) is 0 Å². The first-order chi connectivity index (χ1) is 15.5. The van der Waals surface area contributed by atoms with Crippen LogP contribution in [0.25, 0.3) is 0 Å². The van der Waals surface area contributed by atoms with Crippen LogP contribution in [0, 0.1) is 40.5 Å². The van der Waals surface area contributed by atoms with Gasteiger partial charge in [0, 0.05) is 38.2 Å². The Kier molecular flexibility index (Phi) is 7.54. The van der Waals surface area contributed by atoms with Gasteiger partial charge in [-0.25, -0.2) is 8.42 Å². The van der Waals surface area contributed by atoms with E-state index in [1.807, 2.05) is 58.9 Å². The van der Waals surface area contributed by atoms with Crippen molar-refractivity contribution in [3.8, 4) is 5.75 Å². The fourth-order valence-corrected chi connectivity index (χ4v) is 6.76. The monoisotopic (exact) mass is 472 g/mol. The van der Waals surface area contributed by atoms with Crippen LogP contribution >= 0.6 is 0 Å². The van der Waals surface area contributed by atoms with Crippen molar-refractivity contribution in [1.82, 2.24) is 9.21 Å². The minimum Gasteiger partial charge on any atom is -0.496 e. The van der Waals surface area contributed by atoms with Crippen molar-refractivity contribution in [1.29, 1.82) is 0 Å². The molecule has 0 N–H and O–H groups in total. The molecule has 180 valence electrons. The van der Waals surface area contributed by atoms with E-state index in [0.717, 1.165) is 39.1 Å². The molecule has 1 aliphatic rings. The molecule has 1 heterocycles. The van der Waals surface area contributed by atoms with E-state index in [9.17, 15) is 13.2 Å². The van der Waals surface area contributed by atoms with Gasteiger partial charge in [-0.2, -0.15) is 4.31 Å². The molecule has 1 fully saturated rings. The molecule has 0 spiro atoms. The molecule has 33 heavy (non-hydrogen) atoms. The highest BCUT2D eigenvalue weighted by Gasteiger charge is 2.35. The number of carbonyl (C=O) groups excluding carboxylic acids is 1. The molecule has 1 aliphatic heterocycles. The Morgan fingerprint density at radius 3 is 2.15 bits per heavy atom. The van der Waals surface area contributed by atoms with E-state index in [0.29, 0.717) is 37.4 Å². The number of aryl methyl sites for hydroxylation is 3. The molecule has 2 aromatic carbocycles. The third kappa shape index (κ3) is 5.09. The Hall–Kier alpha value is -2.38. The van der Waals surface area contributed by atoms with Gasteiger partial charge < -0.3 is 9.64 Å². The molecule has 3 rings (SSSR count). The van der Waals surface area contributed by atoms with Gasteiger partial charge in [-0.15, -0.1) is 0 Å². The lowest BCUT2D eigenvalue weighted by molar-refractivity contribution is -0.135. The highest BCUT2D eigenvalue weighted by atomic mass is 32.2. The van der Waals surface area contributed by atoms with Gasteiger partial charge in [-0.05, 0) is 75.8 Å². The fourth-order valence-electron chi connectivity index (χ4n) is 4.72. The van der Waals surface area contributed by atoms with Gasteiger partial charge in [0.15, 0.2) is 0 Å². The predicted molar refractivity (Wildman–Crippen MR) is 131 cm³/mol. The summed E-state index contributed by atoms with van der Waals surface area (Å²) in [7, 11) is -0.177. The molecule has 0 atom stereocenters. The first kappa shape index (κ1) is 25.2. The van der Waals surface area contributed by atoms with E-state index >= 15 is 0 Å². The second-order valence-electron chi connectivity index (χ2n) is 9.28. The topological polar surface area (TPSA) is 66.9 Å². The SMILES string of the molecule is COc1ccc(C)cc1CN(C)C(=O)C1CCN(S(=O)(=O)c2c(C)c(C)cc(C)c2C)CC1. The van der Waals surface area contributed by atoms with E-state index in [4.69, 9.17) is 4.74 Å². The molecule has 0 aromatic heterocycles. The van der Waals surface area contributed by atoms with Crippen LogP contribution in [0.5, 0.6) is 5.75 Å². The van der Waals surface area contributed by atoms with Gasteiger partial charge in [0.25, 0.3) is 0 Å². The summed E-state index contributed by atoms with van der Waals surface area (Å²) in [5.41, 5.74) is 5.66. The predicted octanol–water partition coefficient (Wildman–Crippen LogP) is 4.30. The van der Waals surface area contributed by atoms with Crippen LogP contribution in [0.15, 0.2) is 29.2 Å². The lowest BCUT2D eigenvalue weighted by Crippen LogP contribution is -2.43. The number of nitrogens with zero attached hydrogens (tertiary/aromatic N) is 2. The largest absolute Gasteiger partial charge is 0.496 e. The molecule has 1 saturated heterocycles. The van der Waals surface area contributed by atoms with Crippen LogP contribution in [0.3, 0.4) is 0 Å². The average molecular weight is 473 g/mol. The van der Waals surface area contributed by atoms with Crippen molar-refractivity contribution in [2.75, 3.05) is 27.2 Å². The number of hydrogen-bond acceptors (Lipinski definition) is 4. The maximum Gasteiger partial charge on any atom is 0.243 e. The van der Waals surface area contributed by atoms with Gasteiger partial charge in [0.1, 0.15) is 5.75 Å². The zero-order valence-corrected chi connectivity index (χ0v) is 21.7. The first-order valence-electron chi connectivity index (χ1n) is 11.4. The summed E-state index contributed by atoms with van der Waals surface area (Å²) in [5.74, 6) is 0.633. The fraction of sp³-hybridized carbons (Fsp3) is 0.500. The van der Waals surface area contributed by atoms with E-state index in [1.54, 1.807) is 23.4 Å². The number of benzene rings is 2. The van der Waals surface area contributed by atoms with Crippen LogP contribution in [-0.4, -0.2) is 50.8 Å². The summed E-state index contributed by atoms with van der Waals surface area (Å²) in [6.07, 6.45) is 1.05. The lowest BCUT2D eigenvalue weighted by atomic mass is 9.96. The molecular weight excluding hydrogens is 436 g/mol. The van der Waals surface area contributed by atoms with E-state index in [2.05, 4.69) is 0 Å². The van der Waals surface area contributed by atoms with Crippen molar-refractivity contribution in [2.45, 2.75) is 58.9 Å². The van der Waals surface area contributed by atoms with E-state index in [1.165, 1.54) is 0 Å². The minimum atomic E-state index is -3.61. The van der Waals surface area contributed by atoms with Gasteiger partial charge >= 0.3 is 0 Å². The second-order valence-corrected chi connectivity index (χ2v) is 11.2. The van der Waals surface area contributed by atoms with Crippen LogP contribution in [0.1, 0.15) is 46.2 Å². The number of hydrogen-bond donors (Lipinski definition) is 0. The first-order valence-corrected chi connectivity index (χ1v) is 12.9. The zero-order valence-electron chi connectivity index (χ0n) is 20.9. The highest BCUT2D eigenvalue weighted by Crippen LogP contribution is 2.32. The number of piperidine rings is 1. The second kappa shape index (κ2) is 9.85. The number of amides is 1. The Morgan fingerprint density at radius 2 is 1.61 bits per heavy atom. The molecule has 0 aliphatic carbocycles. The molecule has 1 amide bonds. The van der Waals surface area contributed by atoms with Gasteiger partial charge in [0.2, 0.25) is 15.9 Å². The summed E-state index contributed by atoms with van der Waals surface area (Å²) in [5, 5.41) is 0. The Labute approximate surface area is 198 Å². The van der Waals surface area contributed by atoms with Crippen LogP contribution < -0.4 is 4.74 Å². The molecule has 0 bridgehead atoms. The van der Waals surface area contributed by atoms with Crippen LogP contribution in [0.2, 0.25) is 0 Å². The maximum atomic E-state index is 13.5. The third-order valence-electron chi connectivity index (χ3n) is 6.92. The summed E-state index contributed by atoms with van der Waals surface area (Å²) in [6, 6.07) is 7.97. The average Bonchev–Trinajstić information content (AvgIpc) is 2.77. The van der Waals surface area contributed by atoms with Crippen LogP contribution in [0.4, 0.5) is 0 Å². The maximum absolute atomic E-state index is 13.5. The van der Waals surface area contributed by atoms with E-state index < -0.39 is 10.0 Å². The quantitative estimate of drug-likeness (QED) is 0.629. The number of sulfonamides is 1. The van der Waals surface area contributed by atoms with Crippen molar-refractivity contribution < 1.29 is 17.9 Å². The Bertz CT molecular complexity index is 1120. The van der Waals surface area contributed by atoms with Gasteiger partial charge in [-0.1, -0.05) is 23.8 Å². The lowest BCUT2D eigenvalue weighted by Gasteiger charge is -2.33. The smallest absolute Gasteiger partial charge is 0.243 e. The highest BCUT2D eigenvalue weighted by molar-refractivity contribution is 7.89. The van der Waals surface area contributed by atoms with Crippen molar-refractivity contribution in [3.05, 3.63) is 57.6 Å². The van der Waals surface area contributed by atoms with Crippen molar-refractivity contribution in [2.24, 2.45) is 5.92 Å². The third-order valence-corrected chi connectivity index (χ3v) is 9.09. The van der Waals surface area contributed by atoms with Crippen molar-refractivity contribution >= 4 is 15.9 Å². The summed E-state index contributed by atoms with van der Waals surface area (Å²) >= 11 is 0. The van der Waals surface area contributed by atoms with E-state index in [-0.39, 0.29) is 11.8 Å². The standard InChI is InChI=1S/C26H36N2O4S/c1-17-8-9-24(32-7)23(14-17)16-27(6)26(29)22-10-12-28(13-11-22)33(30,31)25-20(4)18(2)15-19(3)21(25)5/h8-9,14-15,22H,10-13,16H2,1-7H3. The van der Waals surface area contributed by atoms with Gasteiger partial charge in [-0.3, -0.25) is 4.79 Å². The molecule has 6 nitrogen and oxygen atoms in total. The Balaban J connectivity index is 1.71. The number of rotatable bonds is 6. The Morgan fingerprint density at radius 1 is 1.03 bits per heavy atom. The zero-order chi connectivity index (χ0) is 24.5. The molecule has 0 saturated carbocycles. The molecule has 0 radical (unpaired) electrons. The molecule has 0 unspecified atom stereocenters. The molecule has 7 heteroatoms. The van der Waals surface area contributed by atoms with Gasteiger partial charge in [0.05, 0.1) is 12.0 Å². The van der Waals surface area contributed by atoms with Crippen LogP contribution in [-0.2, 0) is 21.4 Å². The summed E-state index contributed by atoms with van der Waals surface area (Å²) < 4.78 is 34.0. The molecular formula is C26H36N2O4S. The summed E-state index contributed by atoms with van der Waals surface area (Å²) in [4.78, 5) is 15.3. The number of carbonyl (C=O) groups is 1. The number of methoxy groups -OCH3 is 1. The summed E-state index contributed by atoms with van der Waals surface area (Å²) in [6.45, 7) is 10.8. The molecule has 2 aromatic rings. The minimum absolute atomic E-state index is 0.0503. The number of ether oxygens (including phenoxy) is 1.